The minimum Gasteiger partial charge on any atom is -0.353 e. The van der Waals surface area contributed by atoms with Gasteiger partial charge in [-0.15, -0.1) is 0 Å². The summed E-state index contributed by atoms with van der Waals surface area (Å²) in [6, 6.07) is 4.89. The third-order valence-electron chi connectivity index (χ3n) is 3.44. The van der Waals surface area contributed by atoms with Crippen LogP contribution in [0.2, 0.25) is 0 Å². The van der Waals surface area contributed by atoms with Crippen LogP contribution in [0.15, 0.2) is 22.7 Å². The summed E-state index contributed by atoms with van der Waals surface area (Å²) in [5.74, 6) is -0.437. The van der Waals surface area contributed by atoms with Crippen molar-refractivity contribution in [3.05, 3.63) is 34.1 Å². The smallest absolute Gasteiger partial charge is 0.224 e. The average Bonchev–Trinajstić information content (AvgIpc) is 2.37. The number of halogens is 2. The highest BCUT2D eigenvalue weighted by molar-refractivity contribution is 9.10. The van der Waals surface area contributed by atoms with Gasteiger partial charge in [-0.3, -0.25) is 4.79 Å². The van der Waals surface area contributed by atoms with E-state index in [4.69, 9.17) is 0 Å². The number of nitrogens with one attached hydrogen (secondary N) is 1. The zero-order valence-corrected chi connectivity index (χ0v) is 12.5. The summed E-state index contributed by atoms with van der Waals surface area (Å²) in [5, 5.41) is 2.99. The molecule has 1 aliphatic heterocycles. The second-order valence-corrected chi connectivity index (χ2v) is 5.97. The maximum atomic E-state index is 13.6. The fourth-order valence-electron chi connectivity index (χ4n) is 2.28. The molecular formula is C14H18BrFN2O. The largest absolute Gasteiger partial charge is 0.353 e. The Bertz CT molecular complexity index is 459. The quantitative estimate of drug-likeness (QED) is 0.923. The van der Waals surface area contributed by atoms with Crippen molar-refractivity contribution in [2.75, 3.05) is 20.1 Å². The molecule has 1 N–H and O–H groups in total. The van der Waals surface area contributed by atoms with Crippen LogP contribution >= 0.6 is 15.9 Å². The highest BCUT2D eigenvalue weighted by Crippen LogP contribution is 2.16. The van der Waals surface area contributed by atoms with Gasteiger partial charge in [0.05, 0.1) is 6.42 Å². The predicted octanol–water partition coefficient (Wildman–Crippen LogP) is 2.34. The number of benzene rings is 1. The second-order valence-electron chi connectivity index (χ2n) is 5.06. The standard InChI is InChI=1S/C14H18BrFN2O/c1-18-6-4-12(5-7-18)17-14(19)9-10-8-11(15)2-3-13(10)16/h2-3,8,12H,4-7,9H2,1H3,(H,17,19). The minimum absolute atomic E-state index is 0.0949. The van der Waals surface area contributed by atoms with E-state index in [0.717, 1.165) is 30.4 Å². The van der Waals surface area contributed by atoms with Crippen LogP contribution in [0.5, 0.6) is 0 Å². The van der Waals surface area contributed by atoms with Crippen LogP contribution < -0.4 is 5.32 Å². The number of nitrogens with zero attached hydrogens (tertiary/aromatic N) is 1. The highest BCUT2D eigenvalue weighted by Gasteiger charge is 2.19. The van der Waals surface area contributed by atoms with Gasteiger partial charge in [0.15, 0.2) is 0 Å². The third-order valence-corrected chi connectivity index (χ3v) is 3.94. The molecule has 0 aliphatic carbocycles. The lowest BCUT2D eigenvalue weighted by atomic mass is 10.0. The molecule has 1 aromatic rings. The third kappa shape index (κ3) is 4.28. The number of carbonyl (C=O) groups excluding carboxylic acids is 1. The first-order valence-electron chi connectivity index (χ1n) is 6.46. The van der Waals surface area contributed by atoms with Crippen LogP contribution in [0.1, 0.15) is 18.4 Å². The number of hydrogen-bond acceptors (Lipinski definition) is 2. The van der Waals surface area contributed by atoms with Crippen LogP contribution in [-0.4, -0.2) is 37.0 Å². The number of hydrogen-bond donors (Lipinski definition) is 1. The van der Waals surface area contributed by atoms with Crippen LogP contribution in [0.4, 0.5) is 4.39 Å². The van der Waals surface area contributed by atoms with E-state index in [2.05, 4.69) is 33.2 Å². The van der Waals surface area contributed by atoms with E-state index < -0.39 is 0 Å². The van der Waals surface area contributed by atoms with Gasteiger partial charge in [-0.05, 0) is 56.7 Å². The number of rotatable bonds is 3. The van der Waals surface area contributed by atoms with Crippen LogP contribution in [0.25, 0.3) is 0 Å². The van der Waals surface area contributed by atoms with E-state index in [1.165, 1.54) is 6.07 Å². The Morgan fingerprint density at radius 3 is 2.84 bits per heavy atom. The molecule has 0 spiro atoms. The zero-order chi connectivity index (χ0) is 13.8. The lowest BCUT2D eigenvalue weighted by molar-refractivity contribution is -0.121. The molecule has 1 fully saturated rings. The first kappa shape index (κ1) is 14.5. The highest BCUT2D eigenvalue weighted by atomic mass is 79.9. The molecule has 1 aliphatic rings. The normalized spacial score (nSPS) is 17.4. The van der Waals surface area contributed by atoms with Crippen molar-refractivity contribution in [2.24, 2.45) is 0 Å². The number of piperidine rings is 1. The van der Waals surface area contributed by atoms with E-state index >= 15 is 0 Å². The van der Waals surface area contributed by atoms with Crippen molar-refractivity contribution in [1.82, 2.24) is 10.2 Å². The maximum Gasteiger partial charge on any atom is 0.224 e. The van der Waals surface area contributed by atoms with Gasteiger partial charge in [0.2, 0.25) is 5.91 Å². The van der Waals surface area contributed by atoms with Gasteiger partial charge in [0.1, 0.15) is 5.82 Å². The van der Waals surface area contributed by atoms with Crippen molar-refractivity contribution in [3.63, 3.8) is 0 Å². The summed E-state index contributed by atoms with van der Waals surface area (Å²) in [6.45, 7) is 1.99. The minimum atomic E-state index is -0.332. The Balaban J connectivity index is 1.89. The first-order chi connectivity index (χ1) is 9.04. The van der Waals surface area contributed by atoms with Crippen LogP contribution in [0.3, 0.4) is 0 Å². The monoisotopic (exact) mass is 328 g/mol. The number of carbonyl (C=O) groups is 1. The maximum absolute atomic E-state index is 13.6. The molecule has 0 radical (unpaired) electrons. The van der Waals surface area contributed by atoms with E-state index in [1.54, 1.807) is 12.1 Å². The molecule has 19 heavy (non-hydrogen) atoms. The van der Waals surface area contributed by atoms with Crippen molar-refractivity contribution in [2.45, 2.75) is 25.3 Å². The molecule has 0 aromatic heterocycles. The second kappa shape index (κ2) is 6.48. The summed E-state index contributed by atoms with van der Waals surface area (Å²) < 4.78 is 14.3. The molecule has 0 atom stereocenters. The summed E-state index contributed by atoms with van der Waals surface area (Å²) >= 11 is 3.29. The molecule has 104 valence electrons. The van der Waals surface area contributed by atoms with Gasteiger partial charge in [-0.1, -0.05) is 15.9 Å². The van der Waals surface area contributed by atoms with Gasteiger partial charge in [-0.2, -0.15) is 0 Å². The van der Waals surface area contributed by atoms with Crippen molar-refractivity contribution < 1.29 is 9.18 Å². The fourth-order valence-corrected chi connectivity index (χ4v) is 2.69. The topological polar surface area (TPSA) is 32.3 Å². The average molecular weight is 329 g/mol. The summed E-state index contributed by atoms with van der Waals surface area (Å²) in [6.07, 6.45) is 2.02. The molecule has 1 heterocycles. The Labute approximate surface area is 121 Å². The SMILES string of the molecule is CN1CCC(NC(=O)Cc2cc(Br)ccc2F)CC1. The molecule has 1 aromatic carbocycles. The lowest BCUT2D eigenvalue weighted by Gasteiger charge is -2.29. The van der Waals surface area contributed by atoms with E-state index in [-0.39, 0.29) is 24.2 Å². The van der Waals surface area contributed by atoms with Gasteiger partial charge in [0, 0.05) is 10.5 Å². The molecule has 0 bridgehead atoms. The van der Waals surface area contributed by atoms with Gasteiger partial charge in [0.25, 0.3) is 0 Å². The van der Waals surface area contributed by atoms with Crippen LogP contribution in [-0.2, 0) is 11.2 Å². The molecule has 1 saturated heterocycles. The van der Waals surface area contributed by atoms with Crippen molar-refractivity contribution in [3.8, 4) is 0 Å². The number of amides is 1. The van der Waals surface area contributed by atoms with E-state index in [9.17, 15) is 9.18 Å². The Morgan fingerprint density at radius 2 is 2.16 bits per heavy atom. The Hall–Kier alpha value is -0.940. The Morgan fingerprint density at radius 1 is 1.47 bits per heavy atom. The summed E-state index contributed by atoms with van der Waals surface area (Å²) in [5.41, 5.74) is 0.430. The zero-order valence-electron chi connectivity index (χ0n) is 11.0. The molecule has 1 amide bonds. The summed E-state index contributed by atoms with van der Waals surface area (Å²) in [4.78, 5) is 14.2. The molecule has 2 rings (SSSR count). The molecule has 3 nitrogen and oxygen atoms in total. The van der Waals surface area contributed by atoms with E-state index in [0.29, 0.717) is 5.56 Å². The predicted molar refractivity (Wildman–Crippen MR) is 76.5 cm³/mol. The van der Waals surface area contributed by atoms with Crippen LogP contribution in [0, 0.1) is 5.82 Å². The first-order valence-corrected chi connectivity index (χ1v) is 7.26. The van der Waals surface area contributed by atoms with E-state index in [1.807, 2.05) is 0 Å². The Kier molecular flexibility index (Phi) is 4.93. The molecular weight excluding hydrogens is 311 g/mol. The lowest BCUT2D eigenvalue weighted by Crippen LogP contribution is -2.43. The van der Waals surface area contributed by atoms with Gasteiger partial charge >= 0.3 is 0 Å². The fraction of sp³-hybridized carbons (Fsp3) is 0.500. The summed E-state index contributed by atoms with van der Waals surface area (Å²) in [7, 11) is 2.08. The van der Waals surface area contributed by atoms with Crippen molar-refractivity contribution in [1.29, 1.82) is 0 Å². The molecule has 0 unspecified atom stereocenters. The van der Waals surface area contributed by atoms with Gasteiger partial charge in [-0.25, -0.2) is 4.39 Å². The molecule has 5 heteroatoms. The number of likely N-dealkylation sites (tertiary alicyclic amines) is 1. The molecule has 0 saturated carbocycles. The van der Waals surface area contributed by atoms with Gasteiger partial charge < -0.3 is 10.2 Å². The van der Waals surface area contributed by atoms with Crippen molar-refractivity contribution >= 4 is 21.8 Å².